The number of piperazine rings is 1. The number of pyridine rings is 1. The maximum atomic E-state index is 13.6. The first kappa shape index (κ1) is 28.8. The molecule has 208 valence electrons. The Balaban J connectivity index is 1.65. The summed E-state index contributed by atoms with van der Waals surface area (Å²) in [6.07, 6.45) is 2.18. The average molecular weight is 575 g/mol. The van der Waals surface area contributed by atoms with Crippen LogP contribution in [0, 0.1) is 0 Å². The first-order valence-electron chi connectivity index (χ1n) is 12.9. The SMILES string of the molecule is CCCCc1[nH]c(=O)c(C(=O)N2CCN(Cc3ccc(Cl)cc3Cl)CC2)c(O)c1-c1c(OC)cccc1OC. The van der Waals surface area contributed by atoms with Gasteiger partial charge < -0.3 is 24.5 Å². The maximum Gasteiger partial charge on any atom is 0.264 e. The normalized spacial score (nSPS) is 13.9. The van der Waals surface area contributed by atoms with Gasteiger partial charge in [-0.15, -0.1) is 0 Å². The highest BCUT2D eigenvalue weighted by Crippen LogP contribution is 2.44. The minimum absolute atomic E-state index is 0.285. The quantitative estimate of drug-likeness (QED) is 0.357. The number of hydrogen-bond donors (Lipinski definition) is 2. The molecule has 1 fully saturated rings. The Morgan fingerprint density at radius 2 is 1.69 bits per heavy atom. The molecule has 0 atom stereocenters. The molecule has 0 radical (unpaired) electrons. The fourth-order valence-electron chi connectivity index (χ4n) is 4.90. The highest BCUT2D eigenvalue weighted by atomic mass is 35.5. The van der Waals surface area contributed by atoms with Gasteiger partial charge in [0, 0.05) is 48.5 Å². The molecular formula is C29H33Cl2N3O5. The van der Waals surface area contributed by atoms with E-state index in [1.807, 2.05) is 13.0 Å². The summed E-state index contributed by atoms with van der Waals surface area (Å²) in [6, 6.07) is 10.7. The third-order valence-electron chi connectivity index (χ3n) is 7.01. The van der Waals surface area contributed by atoms with E-state index in [4.69, 9.17) is 32.7 Å². The first-order valence-corrected chi connectivity index (χ1v) is 13.7. The fourth-order valence-corrected chi connectivity index (χ4v) is 5.37. The van der Waals surface area contributed by atoms with Gasteiger partial charge in [-0.25, -0.2) is 0 Å². The maximum absolute atomic E-state index is 13.6. The van der Waals surface area contributed by atoms with Crippen LogP contribution in [0.3, 0.4) is 0 Å². The van der Waals surface area contributed by atoms with Crippen LogP contribution in [-0.2, 0) is 13.0 Å². The molecule has 1 aliphatic rings. The Morgan fingerprint density at radius 3 is 2.28 bits per heavy atom. The van der Waals surface area contributed by atoms with Crippen molar-refractivity contribution in [2.45, 2.75) is 32.7 Å². The number of nitrogens with zero attached hydrogens (tertiary/aromatic N) is 2. The minimum atomic E-state index is -0.614. The number of nitrogens with one attached hydrogen (secondary N) is 1. The lowest BCUT2D eigenvalue weighted by Gasteiger charge is -2.35. The number of aryl methyl sites for hydroxylation is 1. The standard InChI is InChI=1S/C29H33Cl2N3O5/c1-4-5-7-21-24(25-22(38-2)8-6-9-23(25)39-3)27(35)26(28(36)32-21)29(37)34-14-12-33(13-15-34)17-18-10-11-19(30)16-20(18)31/h6,8-11,16H,4-5,7,12-15,17H2,1-3H3,(H2,32,35,36). The number of rotatable bonds is 9. The van der Waals surface area contributed by atoms with Gasteiger partial charge in [0.15, 0.2) is 0 Å². The monoisotopic (exact) mass is 573 g/mol. The van der Waals surface area contributed by atoms with E-state index < -0.39 is 11.5 Å². The molecule has 1 saturated heterocycles. The summed E-state index contributed by atoms with van der Waals surface area (Å²) in [5.74, 6) is 0.0350. The summed E-state index contributed by atoms with van der Waals surface area (Å²) in [4.78, 5) is 33.5. The van der Waals surface area contributed by atoms with E-state index in [0.717, 1.165) is 18.4 Å². The Labute approximate surface area is 238 Å². The van der Waals surface area contributed by atoms with Crippen LogP contribution in [0.1, 0.15) is 41.4 Å². The molecule has 0 spiro atoms. The molecule has 1 aromatic heterocycles. The highest BCUT2D eigenvalue weighted by molar-refractivity contribution is 6.35. The highest BCUT2D eigenvalue weighted by Gasteiger charge is 2.31. The number of ether oxygens (including phenoxy) is 2. The number of aromatic hydroxyl groups is 1. The van der Waals surface area contributed by atoms with Crippen LogP contribution < -0.4 is 15.0 Å². The molecule has 4 rings (SSSR count). The Hall–Kier alpha value is -3.20. The van der Waals surface area contributed by atoms with E-state index >= 15 is 0 Å². The van der Waals surface area contributed by atoms with E-state index in [1.54, 1.807) is 35.2 Å². The molecule has 1 amide bonds. The van der Waals surface area contributed by atoms with Gasteiger partial charge in [-0.2, -0.15) is 0 Å². The van der Waals surface area contributed by atoms with Crippen LogP contribution in [-0.4, -0.2) is 66.2 Å². The summed E-state index contributed by atoms with van der Waals surface area (Å²) in [5.41, 5.74) is 1.41. The summed E-state index contributed by atoms with van der Waals surface area (Å²) < 4.78 is 11.2. The number of H-pyrrole nitrogens is 1. The number of unbranched alkanes of at least 4 members (excludes halogenated alkanes) is 1. The number of methoxy groups -OCH3 is 2. The molecule has 8 nitrogen and oxygen atoms in total. The number of carbonyl (C=O) groups excluding carboxylic acids is 1. The molecule has 2 aromatic carbocycles. The van der Waals surface area contributed by atoms with Crippen LogP contribution in [0.4, 0.5) is 0 Å². The van der Waals surface area contributed by atoms with Gasteiger partial charge in [-0.1, -0.05) is 48.7 Å². The van der Waals surface area contributed by atoms with E-state index in [-0.39, 0.29) is 11.3 Å². The van der Waals surface area contributed by atoms with Crippen molar-refractivity contribution < 1.29 is 19.4 Å². The molecule has 10 heteroatoms. The van der Waals surface area contributed by atoms with Crippen LogP contribution in [0.5, 0.6) is 17.2 Å². The van der Waals surface area contributed by atoms with Crippen LogP contribution >= 0.6 is 23.2 Å². The molecule has 3 aromatic rings. The molecule has 1 aliphatic heterocycles. The number of aromatic amines is 1. The number of amides is 1. The number of benzene rings is 2. The van der Waals surface area contributed by atoms with Crippen molar-refractivity contribution in [3.05, 3.63) is 73.6 Å². The van der Waals surface area contributed by atoms with Gasteiger partial charge in [0.2, 0.25) is 0 Å². The van der Waals surface area contributed by atoms with E-state index in [9.17, 15) is 14.7 Å². The third kappa shape index (κ3) is 6.19. The number of halogens is 2. The lowest BCUT2D eigenvalue weighted by molar-refractivity contribution is 0.0623. The number of carbonyl (C=O) groups is 1. The predicted octanol–water partition coefficient (Wildman–Crippen LogP) is 5.37. The van der Waals surface area contributed by atoms with E-state index in [2.05, 4.69) is 9.88 Å². The topological polar surface area (TPSA) is 95.1 Å². The summed E-state index contributed by atoms with van der Waals surface area (Å²) in [5, 5.41) is 12.7. The molecule has 0 unspecified atom stereocenters. The Morgan fingerprint density at radius 1 is 1.03 bits per heavy atom. The van der Waals surface area contributed by atoms with E-state index in [1.165, 1.54) is 14.2 Å². The van der Waals surface area contributed by atoms with Gasteiger partial charge in [-0.3, -0.25) is 14.5 Å². The molecule has 0 saturated carbocycles. The zero-order valence-electron chi connectivity index (χ0n) is 22.4. The van der Waals surface area contributed by atoms with Crippen LogP contribution in [0.15, 0.2) is 41.2 Å². The predicted molar refractivity (Wildman–Crippen MR) is 154 cm³/mol. The van der Waals surface area contributed by atoms with E-state index in [0.29, 0.717) is 77.5 Å². The molecule has 2 N–H and O–H groups in total. The van der Waals surface area contributed by atoms with Crippen molar-refractivity contribution in [2.75, 3.05) is 40.4 Å². The van der Waals surface area contributed by atoms with Crippen molar-refractivity contribution in [1.82, 2.24) is 14.8 Å². The molecular weight excluding hydrogens is 541 g/mol. The van der Waals surface area contributed by atoms with Gasteiger partial charge in [-0.05, 0) is 42.7 Å². The average Bonchev–Trinajstić information content (AvgIpc) is 2.93. The summed E-state index contributed by atoms with van der Waals surface area (Å²) in [7, 11) is 3.05. The summed E-state index contributed by atoms with van der Waals surface area (Å²) >= 11 is 12.3. The van der Waals surface area contributed by atoms with Crippen molar-refractivity contribution >= 4 is 29.1 Å². The van der Waals surface area contributed by atoms with Gasteiger partial charge in [0.05, 0.1) is 25.3 Å². The number of aromatic nitrogens is 1. The van der Waals surface area contributed by atoms with Crippen molar-refractivity contribution in [1.29, 1.82) is 0 Å². The largest absolute Gasteiger partial charge is 0.506 e. The van der Waals surface area contributed by atoms with Crippen LogP contribution in [0.2, 0.25) is 10.0 Å². The van der Waals surface area contributed by atoms with Crippen molar-refractivity contribution in [2.24, 2.45) is 0 Å². The molecule has 39 heavy (non-hydrogen) atoms. The second-order valence-electron chi connectivity index (χ2n) is 9.48. The first-order chi connectivity index (χ1) is 18.8. The Kier molecular flexibility index (Phi) is 9.43. The second-order valence-corrected chi connectivity index (χ2v) is 10.3. The number of hydrogen-bond acceptors (Lipinski definition) is 6. The van der Waals surface area contributed by atoms with Gasteiger partial charge in [0.25, 0.3) is 11.5 Å². The minimum Gasteiger partial charge on any atom is -0.506 e. The zero-order valence-corrected chi connectivity index (χ0v) is 23.9. The van der Waals surface area contributed by atoms with Gasteiger partial charge >= 0.3 is 0 Å². The lowest BCUT2D eigenvalue weighted by Crippen LogP contribution is -2.49. The second kappa shape index (κ2) is 12.8. The smallest absolute Gasteiger partial charge is 0.264 e. The molecule has 0 bridgehead atoms. The van der Waals surface area contributed by atoms with Gasteiger partial charge in [0.1, 0.15) is 22.8 Å². The fraction of sp³-hybridized carbons (Fsp3) is 0.379. The van der Waals surface area contributed by atoms with Crippen LogP contribution in [0.25, 0.3) is 11.1 Å². The summed E-state index contributed by atoms with van der Waals surface area (Å²) in [6.45, 7) is 4.63. The third-order valence-corrected chi connectivity index (χ3v) is 7.59. The molecule has 0 aliphatic carbocycles. The Bertz CT molecular complexity index is 1380. The lowest BCUT2D eigenvalue weighted by atomic mass is 9.95. The molecule has 2 heterocycles. The zero-order chi connectivity index (χ0) is 28.1. The van der Waals surface area contributed by atoms with Crippen molar-refractivity contribution in [3.63, 3.8) is 0 Å². The van der Waals surface area contributed by atoms with Crippen molar-refractivity contribution in [3.8, 4) is 28.4 Å².